The zero-order valence-corrected chi connectivity index (χ0v) is 8.26. The molecular formula is C6H4BClF3NOS. The summed E-state index contributed by atoms with van der Waals surface area (Å²) in [6.45, 7) is 0. The Morgan fingerprint density at radius 2 is 2.21 bits per heavy atom. The summed E-state index contributed by atoms with van der Waals surface area (Å²) in [7, 11) is -0.195. The molecule has 0 aliphatic rings. The molecule has 0 amide bonds. The van der Waals surface area contributed by atoms with Crippen LogP contribution in [0.25, 0.3) is 0 Å². The number of rotatable bonds is 3. The molecule has 0 radical (unpaired) electrons. The smallest absolute Gasteiger partial charge is 0.419 e. The maximum atomic E-state index is 12.3. The molecule has 2 nitrogen and oxygen atoms in total. The number of hydrogen-bond acceptors (Lipinski definition) is 3. The quantitative estimate of drug-likeness (QED) is 0.650. The van der Waals surface area contributed by atoms with Gasteiger partial charge in [0, 0.05) is 5.38 Å². The molecule has 0 bridgehead atoms. The Bertz CT molecular complexity index is 340. The van der Waals surface area contributed by atoms with Gasteiger partial charge in [-0.25, -0.2) is 0 Å². The van der Waals surface area contributed by atoms with E-state index >= 15 is 0 Å². The van der Waals surface area contributed by atoms with E-state index in [0.717, 1.165) is 16.7 Å². The summed E-state index contributed by atoms with van der Waals surface area (Å²) < 4.78 is 36.9. The molecule has 0 saturated carbocycles. The number of anilines is 1. The van der Waals surface area contributed by atoms with Gasteiger partial charge in [0.2, 0.25) is 0 Å². The second-order valence-corrected chi connectivity index (χ2v) is 3.83. The van der Waals surface area contributed by atoms with Gasteiger partial charge in [0.1, 0.15) is 10.5 Å². The molecule has 1 heterocycles. The first kappa shape index (κ1) is 11.4. The number of nitrogens with one attached hydrogen (secondary N) is 1. The SMILES string of the molecule is O=CBNc1c(C(F)(F)F)csc1Cl. The van der Waals surface area contributed by atoms with Gasteiger partial charge >= 0.3 is 13.6 Å². The van der Waals surface area contributed by atoms with Crippen molar-refractivity contribution in [1.29, 1.82) is 0 Å². The molecule has 0 aliphatic carbocycles. The molecule has 1 aromatic heterocycles. The largest absolute Gasteiger partial charge is 0.422 e. The summed E-state index contributed by atoms with van der Waals surface area (Å²) >= 11 is 6.30. The number of hydrogen-bond donors (Lipinski definition) is 1. The fraction of sp³-hybridized carbons (Fsp3) is 0.167. The van der Waals surface area contributed by atoms with Crippen LogP contribution in [0.4, 0.5) is 18.9 Å². The van der Waals surface area contributed by atoms with Crippen LogP contribution in [0.1, 0.15) is 5.56 Å². The van der Waals surface area contributed by atoms with E-state index in [1.807, 2.05) is 0 Å². The summed E-state index contributed by atoms with van der Waals surface area (Å²) in [5, 5.41) is 3.22. The minimum Gasteiger partial charge on any atom is -0.422 e. The lowest BCUT2D eigenvalue weighted by molar-refractivity contribution is -0.136. The van der Waals surface area contributed by atoms with Crippen molar-refractivity contribution in [2.75, 3.05) is 5.23 Å². The van der Waals surface area contributed by atoms with Crippen LogP contribution < -0.4 is 5.23 Å². The Labute approximate surface area is 87.3 Å². The molecule has 0 spiro atoms. The molecule has 14 heavy (non-hydrogen) atoms. The first-order chi connectivity index (χ1) is 6.46. The second-order valence-electron chi connectivity index (χ2n) is 2.34. The van der Waals surface area contributed by atoms with E-state index in [1.54, 1.807) is 0 Å². The van der Waals surface area contributed by atoms with Crippen LogP contribution in [-0.4, -0.2) is 13.6 Å². The van der Waals surface area contributed by atoms with Crippen molar-refractivity contribution < 1.29 is 18.0 Å². The summed E-state index contributed by atoms with van der Waals surface area (Å²) in [5.41, 5.74) is -1.06. The Morgan fingerprint density at radius 1 is 1.57 bits per heavy atom. The summed E-state index contributed by atoms with van der Waals surface area (Å²) in [6, 6.07) is 0. The molecule has 1 rings (SSSR count). The Hall–Kier alpha value is -0.685. The Balaban J connectivity index is 3.00. The minimum absolute atomic E-state index is 0.000764. The van der Waals surface area contributed by atoms with Crippen molar-refractivity contribution in [2.45, 2.75) is 6.18 Å². The van der Waals surface area contributed by atoms with Crippen LogP contribution in [0.5, 0.6) is 0 Å². The predicted molar refractivity (Wildman–Crippen MR) is 51.9 cm³/mol. The highest BCUT2D eigenvalue weighted by atomic mass is 35.5. The molecule has 8 heteroatoms. The molecule has 0 unspecified atom stereocenters. The molecule has 1 N–H and O–H groups in total. The van der Waals surface area contributed by atoms with Crippen molar-refractivity contribution in [1.82, 2.24) is 0 Å². The molecule has 1 aromatic rings. The maximum Gasteiger partial charge on any atom is 0.419 e. The number of carbonyl (C=O) groups excluding carboxylic acids is 1. The first-order valence-electron chi connectivity index (χ1n) is 3.48. The summed E-state index contributed by atoms with van der Waals surface area (Å²) in [4.78, 5) is 9.99. The molecule has 0 aliphatic heterocycles. The van der Waals surface area contributed by atoms with Crippen LogP contribution in [0.2, 0.25) is 4.34 Å². The van der Waals surface area contributed by atoms with E-state index in [4.69, 9.17) is 11.6 Å². The normalized spacial score (nSPS) is 11.1. The third-order valence-corrected chi connectivity index (χ3v) is 2.63. The standard InChI is InChI=1S/C6H4BClF3NOS/c8-5-4(12-7-2-13)3(1-14-5)6(9,10)11/h1-2,7,12H. The fourth-order valence-electron chi connectivity index (χ4n) is 0.851. The zero-order chi connectivity index (χ0) is 10.8. The van der Waals surface area contributed by atoms with Gasteiger partial charge in [-0.2, -0.15) is 13.2 Å². The van der Waals surface area contributed by atoms with Crippen LogP contribution >= 0.6 is 22.9 Å². The van der Waals surface area contributed by atoms with Crippen LogP contribution in [0, 0.1) is 0 Å². The minimum atomic E-state index is -4.45. The molecule has 76 valence electrons. The molecule has 0 fully saturated rings. The number of halogens is 4. The van der Waals surface area contributed by atoms with Crippen LogP contribution in [0.3, 0.4) is 0 Å². The molecule has 0 aromatic carbocycles. The number of alkyl halides is 3. The summed E-state index contributed by atoms with van der Waals surface area (Å²) in [5.74, 6) is 0. The van der Waals surface area contributed by atoms with Crippen molar-refractivity contribution in [2.24, 2.45) is 0 Å². The lowest BCUT2D eigenvalue weighted by Gasteiger charge is -2.08. The van der Waals surface area contributed by atoms with E-state index in [9.17, 15) is 18.0 Å². The lowest BCUT2D eigenvalue weighted by atomic mass is 9.98. The maximum absolute atomic E-state index is 12.3. The van der Waals surface area contributed by atoms with E-state index in [-0.39, 0.29) is 17.4 Å². The second kappa shape index (κ2) is 4.23. The zero-order valence-electron chi connectivity index (χ0n) is 6.69. The molecule has 0 atom stereocenters. The monoisotopic (exact) mass is 241 g/mol. The highest BCUT2D eigenvalue weighted by Crippen LogP contribution is 2.42. The number of thiophene rings is 1. The van der Waals surface area contributed by atoms with Crippen molar-refractivity contribution in [3.63, 3.8) is 0 Å². The van der Waals surface area contributed by atoms with Crippen molar-refractivity contribution in [3.8, 4) is 0 Å². The van der Waals surface area contributed by atoms with Gasteiger partial charge < -0.3 is 10.0 Å². The van der Waals surface area contributed by atoms with Gasteiger partial charge in [0.25, 0.3) is 0 Å². The average Bonchev–Trinajstić information content (AvgIpc) is 2.42. The van der Waals surface area contributed by atoms with E-state index in [0.29, 0.717) is 6.19 Å². The van der Waals surface area contributed by atoms with E-state index < -0.39 is 11.7 Å². The van der Waals surface area contributed by atoms with Crippen LogP contribution in [0.15, 0.2) is 5.38 Å². The Morgan fingerprint density at radius 3 is 2.71 bits per heavy atom. The third-order valence-electron chi connectivity index (χ3n) is 1.41. The topological polar surface area (TPSA) is 29.1 Å². The van der Waals surface area contributed by atoms with E-state index in [2.05, 4.69) is 5.23 Å². The molecule has 0 saturated heterocycles. The average molecular weight is 241 g/mol. The van der Waals surface area contributed by atoms with Gasteiger partial charge in [0.05, 0.1) is 11.3 Å². The highest BCUT2D eigenvalue weighted by molar-refractivity contribution is 7.15. The van der Waals surface area contributed by atoms with Crippen LogP contribution in [-0.2, 0) is 11.0 Å². The fourth-order valence-corrected chi connectivity index (χ4v) is 1.93. The van der Waals surface area contributed by atoms with Gasteiger partial charge in [-0.15, -0.1) is 11.3 Å². The Kier molecular flexibility index (Phi) is 3.44. The van der Waals surface area contributed by atoms with Gasteiger partial charge in [-0.1, -0.05) is 11.6 Å². The molecular weight excluding hydrogens is 237 g/mol. The van der Waals surface area contributed by atoms with Gasteiger partial charge in [-0.05, 0) is 0 Å². The lowest BCUT2D eigenvalue weighted by Crippen LogP contribution is -2.12. The van der Waals surface area contributed by atoms with Crippen molar-refractivity contribution >= 4 is 42.2 Å². The van der Waals surface area contributed by atoms with Gasteiger partial charge in [0.15, 0.2) is 0 Å². The van der Waals surface area contributed by atoms with Crippen molar-refractivity contribution in [3.05, 3.63) is 15.3 Å². The third kappa shape index (κ3) is 2.42. The number of carbonyl (C=O) groups is 1. The van der Waals surface area contributed by atoms with Gasteiger partial charge in [-0.3, -0.25) is 0 Å². The first-order valence-corrected chi connectivity index (χ1v) is 4.74. The predicted octanol–water partition coefficient (Wildman–Crippen LogP) is 2.37. The van der Waals surface area contributed by atoms with E-state index in [1.165, 1.54) is 0 Å². The highest BCUT2D eigenvalue weighted by Gasteiger charge is 2.35. The summed E-state index contributed by atoms with van der Waals surface area (Å²) in [6.07, 6.45) is -3.98.